The van der Waals surface area contributed by atoms with Gasteiger partial charge in [-0.3, -0.25) is 4.90 Å². The molecule has 2 rings (SSSR count). The first-order chi connectivity index (χ1) is 6.76. The quantitative estimate of drug-likeness (QED) is 0.741. The van der Waals surface area contributed by atoms with Crippen molar-refractivity contribution in [3.8, 4) is 0 Å². The molecule has 82 valence electrons. The Labute approximate surface area is 88.1 Å². The number of likely N-dealkylation sites (tertiary alicyclic amines) is 1. The van der Waals surface area contributed by atoms with Crippen LogP contribution in [0.15, 0.2) is 0 Å². The molecular formula is C12H24N2. The minimum absolute atomic E-state index is 0.720. The molecule has 1 atom stereocenters. The minimum Gasteiger partial charge on any atom is -0.318 e. The molecule has 1 saturated carbocycles. The molecule has 1 heterocycles. The maximum Gasteiger partial charge on any atom is 0.0192 e. The predicted molar refractivity (Wildman–Crippen MR) is 60.5 cm³/mol. The molecule has 1 saturated heterocycles. The largest absolute Gasteiger partial charge is 0.318 e. The molecule has 2 heteroatoms. The molecule has 1 unspecified atom stereocenters. The van der Waals surface area contributed by atoms with Crippen molar-refractivity contribution >= 4 is 0 Å². The average Bonchev–Trinajstić information content (AvgIpc) is 2.16. The molecule has 0 aromatic rings. The summed E-state index contributed by atoms with van der Waals surface area (Å²) in [6, 6.07) is 0.720. The summed E-state index contributed by atoms with van der Waals surface area (Å²) in [5.41, 5.74) is 0.801. The van der Waals surface area contributed by atoms with Crippen LogP contribution < -0.4 is 5.32 Å². The van der Waals surface area contributed by atoms with E-state index >= 15 is 0 Å². The summed E-state index contributed by atoms with van der Waals surface area (Å²) >= 11 is 0. The summed E-state index contributed by atoms with van der Waals surface area (Å²) in [4.78, 5) is 2.65. The first-order valence-corrected chi connectivity index (χ1v) is 6.14. The molecule has 1 aliphatic heterocycles. The van der Waals surface area contributed by atoms with Crippen LogP contribution in [-0.4, -0.2) is 37.6 Å². The zero-order chi connectivity index (χ0) is 10.0. The molecule has 0 aromatic heterocycles. The number of likely N-dealkylation sites (N-methyl/N-ethyl adjacent to an activating group) is 1. The van der Waals surface area contributed by atoms with E-state index in [2.05, 4.69) is 17.1 Å². The van der Waals surface area contributed by atoms with Crippen molar-refractivity contribution in [2.45, 2.75) is 45.1 Å². The van der Waals surface area contributed by atoms with Gasteiger partial charge in [0, 0.05) is 12.6 Å². The molecule has 1 spiro atoms. The van der Waals surface area contributed by atoms with Crippen molar-refractivity contribution in [2.75, 3.05) is 26.7 Å². The highest BCUT2D eigenvalue weighted by Crippen LogP contribution is 2.48. The van der Waals surface area contributed by atoms with E-state index in [-0.39, 0.29) is 0 Å². The molecule has 2 fully saturated rings. The number of hydrogen-bond donors (Lipinski definition) is 1. The number of hydrogen-bond acceptors (Lipinski definition) is 2. The second kappa shape index (κ2) is 4.19. The number of piperidine rings is 1. The molecule has 0 amide bonds. The van der Waals surface area contributed by atoms with E-state index in [9.17, 15) is 0 Å². The van der Waals surface area contributed by atoms with Crippen LogP contribution in [0.3, 0.4) is 0 Å². The Kier molecular flexibility index (Phi) is 3.13. The third kappa shape index (κ3) is 1.96. The van der Waals surface area contributed by atoms with Gasteiger partial charge in [-0.1, -0.05) is 6.42 Å². The van der Waals surface area contributed by atoms with Gasteiger partial charge in [-0.15, -0.1) is 0 Å². The summed E-state index contributed by atoms with van der Waals surface area (Å²) in [6.07, 6.45) is 7.44. The molecule has 0 radical (unpaired) electrons. The Morgan fingerprint density at radius 1 is 1.21 bits per heavy atom. The topological polar surface area (TPSA) is 15.3 Å². The number of rotatable bonds is 3. The van der Waals surface area contributed by atoms with Gasteiger partial charge in [-0.05, 0) is 58.2 Å². The maximum absolute atomic E-state index is 3.27. The van der Waals surface area contributed by atoms with Crippen molar-refractivity contribution < 1.29 is 0 Å². The average molecular weight is 196 g/mol. The predicted octanol–water partition coefficient (Wildman–Crippen LogP) is 1.86. The summed E-state index contributed by atoms with van der Waals surface area (Å²) < 4.78 is 0. The van der Waals surface area contributed by atoms with E-state index in [4.69, 9.17) is 0 Å². The van der Waals surface area contributed by atoms with E-state index in [1.807, 2.05) is 7.05 Å². The fraction of sp³-hybridized carbons (Fsp3) is 1.00. The maximum atomic E-state index is 3.27. The first-order valence-electron chi connectivity index (χ1n) is 6.14. The van der Waals surface area contributed by atoms with E-state index in [1.54, 1.807) is 0 Å². The van der Waals surface area contributed by atoms with Crippen LogP contribution in [0.1, 0.15) is 39.0 Å². The Bertz CT molecular complexity index is 177. The zero-order valence-electron chi connectivity index (χ0n) is 9.68. The van der Waals surface area contributed by atoms with Crippen molar-refractivity contribution in [1.29, 1.82) is 0 Å². The van der Waals surface area contributed by atoms with Gasteiger partial charge in [0.1, 0.15) is 0 Å². The lowest BCUT2D eigenvalue weighted by Gasteiger charge is -2.49. The minimum atomic E-state index is 0.720. The lowest BCUT2D eigenvalue weighted by Crippen LogP contribution is -2.48. The highest BCUT2D eigenvalue weighted by molar-refractivity contribution is 4.93. The molecule has 0 bridgehead atoms. The van der Waals surface area contributed by atoms with E-state index < -0.39 is 0 Å². The van der Waals surface area contributed by atoms with Crippen molar-refractivity contribution in [1.82, 2.24) is 10.2 Å². The third-order valence-corrected chi connectivity index (χ3v) is 4.40. The van der Waals surface area contributed by atoms with E-state index in [0.717, 1.165) is 18.0 Å². The number of nitrogens with zero attached hydrogens (tertiary/aromatic N) is 1. The summed E-state index contributed by atoms with van der Waals surface area (Å²) in [5.74, 6) is 0. The zero-order valence-corrected chi connectivity index (χ0v) is 9.68. The van der Waals surface area contributed by atoms with Gasteiger partial charge in [0.15, 0.2) is 0 Å². The number of nitrogens with one attached hydrogen (secondary N) is 1. The van der Waals surface area contributed by atoms with Crippen LogP contribution in [0.5, 0.6) is 0 Å². The van der Waals surface area contributed by atoms with Crippen molar-refractivity contribution in [2.24, 2.45) is 5.41 Å². The van der Waals surface area contributed by atoms with E-state index in [1.165, 1.54) is 45.2 Å². The molecule has 2 nitrogen and oxygen atoms in total. The van der Waals surface area contributed by atoms with Gasteiger partial charge in [0.2, 0.25) is 0 Å². The van der Waals surface area contributed by atoms with Gasteiger partial charge in [0.05, 0.1) is 0 Å². The Morgan fingerprint density at radius 2 is 1.86 bits per heavy atom. The Hall–Kier alpha value is -0.0800. The third-order valence-electron chi connectivity index (χ3n) is 4.40. The molecule has 1 aliphatic carbocycles. The fourth-order valence-corrected chi connectivity index (χ4v) is 3.04. The van der Waals surface area contributed by atoms with Gasteiger partial charge in [0.25, 0.3) is 0 Å². The van der Waals surface area contributed by atoms with Crippen LogP contribution in [-0.2, 0) is 0 Å². The Morgan fingerprint density at radius 3 is 2.29 bits per heavy atom. The second-order valence-electron chi connectivity index (χ2n) is 5.30. The monoisotopic (exact) mass is 196 g/mol. The molecular weight excluding hydrogens is 172 g/mol. The molecule has 0 aromatic carbocycles. The molecule has 14 heavy (non-hydrogen) atoms. The van der Waals surface area contributed by atoms with Crippen LogP contribution in [0.25, 0.3) is 0 Å². The fourth-order valence-electron chi connectivity index (χ4n) is 3.04. The van der Waals surface area contributed by atoms with Gasteiger partial charge in [-0.25, -0.2) is 0 Å². The second-order valence-corrected chi connectivity index (χ2v) is 5.30. The molecule has 1 N–H and O–H groups in total. The van der Waals surface area contributed by atoms with Crippen LogP contribution in [0.2, 0.25) is 0 Å². The van der Waals surface area contributed by atoms with Crippen LogP contribution in [0.4, 0.5) is 0 Å². The summed E-state index contributed by atoms with van der Waals surface area (Å²) in [6.45, 7) is 6.15. The lowest BCUT2D eigenvalue weighted by atomic mass is 9.63. The van der Waals surface area contributed by atoms with Crippen LogP contribution >= 0.6 is 0 Å². The lowest BCUT2D eigenvalue weighted by molar-refractivity contribution is 0.0194. The van der Waals surface area contributed by atoms with Crippen LogP contribution in [0, 0.1) is 5.41 Å². The van der Waals surface area contributed by atoms with Gasteiger partial charge >= 0.3 is 0 Å². The summed E-state index contributed by atoms with van der Waals surface area (Å²) in [5, 5.41) is 3.27. The normalized spacial score (nSPS) is 28.7. The SMILES string of the molecule is CNCC(C)N1CCC2(CCC2)CC1. The first kappa shape index (κ1) is 10.4. The Balaban J connectivity index is 1.77. The van der Waals surface area contributed by atoms with Gasteiger partial charge < -0.3 is 5.32 Å². The standard InChI is InChI=1S/C12H24N2/c1-11(10-13-2)14-8-6-12(7-9-14)4-3-5-12/h11,13H,3-10H2,1-2H3. The summed E-state index contributed by atoms with van der Waals surface area (Å²) in [7, 11) is 2.05. The molecule has 2 aliphatic rings. The van der Waals surface area contributed by atoms with Crippen molar-refractivity contribution in [3.05, 3.63) is 0 Å². The highest BCUT2D eigenvalue weighted by Gasteiger charge is 2.39. The van der Waals surface area contributed by atoms with Gasteiger partial charge in [-0.2, -0.15) is 0 Å². The smallest absolute Gasteiger partial charge is 0.0192 e. The highest BCUT2D eigenvalue weighted by atomic mass is 15.2. The van der Waals surface area contributed by atoms with E-state index in [0.29, 0.717) is 0 Å². The van der Waals surface area contributed by atoms with Crippen molar-refractivity contribution in [3.63, 3.8) is 0 Å².